The van der Waals surface area contributed by atoms with Crippen LogP contribution in [0.25, 0.3) is 0 Å². The first-order valence-corrected chi connectivity index (χ1v) is 7.13. The summed E-state index contributed by atoms with van der Waals surface area (Å²) in [5.74, 6) is 0. The Bertz CT molecular complexity index is 429. The summed E-state index contributed by atoms with van der Waals surface area (Å²) >= 11 is 0. The molecule has 18 heavy (non-hydrogen) atoms. The fraction of sp³-hybridized carbons (Fsp3) is 0.625. The first kappa shape index (κ1) is 12.2. The summed E-state index contributed by atoms with van der Waals surface area (Å²) in [7, 11) is 0. The van der Waals surface area contributed by atoms with Crippen molar-refractivity contribution in [3.63, 3.8) is 0 Å². The Morgan fingerprint density at radius 1 is 1.17 bits per heavy atom. The molecule has 2 heteroatoms. The molecule has 2 fully saturated rings. The lowest BCUT2D eigenvalue weighted by Crippen LogP contribution is -2.44. The molecule has 0 saturated carbocycles. The van der Waals surface area contributed by atoms with Crippen molar-refractivity contribution in [1.29, 1.82) is 0 Å². The van der Waals surface area contributed by atoms with E-state index in [1.54, 1.807) is 0 Å². The second kappa shape index (κ2) is 4.67. The number of hydrogen-bond acceptors (Lipinski definition) is 2. The van der Waals surface area contributed by atoms with Crippen molar-refractivity contribution in [2.75, 3.05) is 0 Å². The standard InChI is InChI=1S/C16H23NO/c1-11-3-4-12(2)13(7-11)10-17-14-5-6-15(17)9-16(18)8-14/h3-4,7,14-16,18H,5-6,8-10H2,1-2H3. The third kappa shape index (κ3) is 2.19. The summed E-state index contributed by atoms with van der Waals surface area (Å²) in [6, 6.07) is 7.95. The number of aliphatic hydroxyl groups excluding tert-OH is 1. The summed E-state index contributed by atoms with van der Waals surface area (Å²) in [5, 5.41) is 9.85. The third-order valence-corrected chi connectivity index (χ3v) is 4.72. The second-order valence-corrected chi connectivity index (χ2v) is 6.11. The van der Waals surface area contributed by atoms with Crippen LogP contribution in [-0.4, -0.2) is 28.2 Å². The van der Waals surface area contributed by atoms with E-state index in [1.807, 2.05) is 0 Å². The van der Waals surface area contributed by atoms with Crippen molar-refractivity contribution in [1.82, 2.24) is 4.90 Å². The van der Waals surface area contributed by atoms with E-state index in [9.17, 15) is 5.11 Å². The van der Waals surface area contributed by atoms with Crippen molar-refractivity contribution in [2.24, 2.45) is 0 Å². The number of benzene rings is 1. The Labute approximate surface area is 110 Å². The molecule has 2 aliphatic rings. The minimum Gasteiger partial charge on any atom is -0.393 e. The number of rotatable bonds is 2. The lowest BCUT2D eigenvalue weighted by atomic mass is 9.97. The van der Waals surface area contributed by atoms with E-state index >= 15 is 0 Å². The minimum atomic E-state index is -0.0580. The van der Waals surface area contributed by atoms with E-state index in [0.29, 0.717) is 12.1 Å². The third-order valence-electron chi connectivity index (χ3n) is 4.72. The molecular formula is C16H23NO. The largest absolute Gasteiger partial charge is 0.393 e. The van der Waals surface area contributed by atoms with Gasteiger partial charge in [-0.3, -0.25) is 4.90 Å². The van der Waals surface area contributed by atoms with Gasteiger partial charge in [0, 0.05) is 18.6 Å². The molecule has 1 aromatic carbocycles. The highest BCUT2D eigenvalue weighted by Crippen LogP contribution is 2.37. The highest BCUT2D eigenvalue weighted by atomic mass is 16.3. The highest BCUT2D eigenvalue weighted by molar-refractivity contribution is 5.30. The molecule has 1 N–H and O–H groups in total. The van der Waals surface area contributed by atoms with E-state index in [1.165, 1.54) is 29.5 Å². The van der Waals surface area contributed by atoms with E-state index in [-0.39, 0.29) is 6.10 Å². The SMILES string of the molecule is Cc1ccc(C)c(CN2C3CCC2CC(O)C3)c1. The summed E-state index contributed by atoms with van der Waals surface area (Å²) in [6.07, 6.45) is 4.43. The van der Waals surface area contributed by atoms with Gasteiger partial charge in [0.25, 0.3) is 0 Å². The van der Waals surface area contributed by atoms with Gasteiger partial charge in [-0.2, -0.15) is 0 Å². The van der Waals surface area contributed by atoms with Crippen LogP contribution >= 0.6 is 0 Å². The number of aliphatic hydroxyl groups is 1. The fourth-order valence-corrected chi connectivity index (χ4v) is 3.67. The van der Waals surface area contributed by atoms with Gasteiger partial charge in [-0.1, -0.05) is 23.8 Å². The number of hydrogen-bond donors (Lipinski definition) is 1. The minimum absolute atomic E-state index is 0.0580. The zero-order valence-corrected chi connectivity index (χ0v) is 11.4. The van der Waals surface area contributed by atoms with Gasteiger partial charge >= 0.3 is 0 Å². The predicted octanol–water partition coefficient (Wildman–Crippen LogP) is 2.79. The quantitative estimate of drug-likeness (QED) is 0.866. The van der Waals surface area contributed by atoms with Gasteiger partial charge in [0.05, 0.1) is 6.10 Å². The molecule has 2 atom stereocenters. The van der Waals surface area contributed by atoms with Gasteiger partial charge < -0.3 is 5.11 Å². The van der Waals surface area contributed by atoms with Crippen molar-refractivity contribution in [3.05, 3.63) is 34.9 Å². The maximum Gasteiger partial charge on any atom is 0.0570 e. The zero-order chi connectivity index (χ0) is 12.7. The topological polar surface area (TPSA) is 23.5 Å². The molecule has 2 heterocycles. The average Bonchev–Trinajstić information content (AvgIpc) is 2.57. The number of piperidine rings is 1. The Morgan fingerprint density at radius 3 is 2.50 bits per heavy atom. The Kier molecular flexibility index (Phi) is 3.16. The van der Waals surface area contributed by atoms with Gasteiger partial charge in [-0.15, -0.1) is 0 Å². The second-order valence-electron chi connectivity index (χ2n) is 6.11. The van der Waals surface area contributed by atoms with E-state index < -0.39 is 0 Å². The summed E-state index contributed by atoms with van der Waals surface area (Å²) in [6.45, 7) is 5.43. The first-order chi connectivity index (χ1) is 8.63. The molecule has 2 nitrogen and oxygen atoms in total. The molecule has 0 aliphatic carbocycles. The van der Waals surface area contributed by atoms with Crippen molar-refractivity contribution in [3.8, 4) is 0 Å². The molecule has 2 saturated heterocycles. The number of fused-ring (bicyclic) bond motifs is 2. The lowest BCUT2D eigenvalue weighted by Gasteiger charge is -2.37. The van der Waals surface area contributed by atoms with Crippen LogP contribution in [0.15, 0.2) is 18.2 Å². The van der Waals surface area contributed by atoms with Gasteiger partial charge in [-0.25, -0.2) is 0 Å². The van der Waals surface area contributed by atoms with Crippen LogP contribution in [0.3, 0.4) is 0 Å². The Morgan fingerprint density at radius 2 is 1.83 bits per heavy atom. The van der Waals surface area contributed by atoms with Crippen molar-refractivity contribution < 1.29 is 5.11 Å². The average molecular weight is 245 g/mol. The van der Waals surface area contributed by atoms with Gasteiger partial charge in [-0.05, 0) is 50.7 Å². The van der Waals surface area contributed by atoms with Gasteiger partial charge in [0.15, 0.2) is 0 Å². The lowest BCUT2D eigenvalue weighted by molar-refractivity contribution is 0.0309. The van der Waals surface area contributed by atoms with E-state index in [2.05, 4.69) is 36.9 Å². The van der Waals surface area contributed by atoms with Crippen molar-refractivity contribution >= 4 is 0 Å². The number of aryl methyl sites for hydroxylation is 2. The molecule has 98 valence electrons. The molecule has 0 spiro atoms. The summed E-state index contributed by atoms with van der Waals surface area (Å²) < 4.78 is 0. The molecule has 3 rings (SSSR count). The monoisotopic (exact) mass is 245 g/mol. The normalized spacial score (nSPS) is 31.8. The van der Waals surface area contributed by atoms with Crippen LogP contribution in [0.4, 0.5) is 0 Å². The molecule has 2 aliphatic heterocycles. The van der Waals surface area contributed by atoms with Gasteiger partial charge in [0.2, 0.25) is 0 Å². The Balaban J connectivity index is 1.79. The van der Waals surface area contributed by atoms with Crippen LogP contribution in [0.5, 0.6) is 0 Å². The van der Waals surface area contributed by atoms with Crippen LogP contribution < -0.4 is 0 Å². The van der Waals surface area contributed by atoms with E-state index in [4.69, 9.17) is 0 Å². The first-order valence-electron chi connectivity index (χ1n) is 7.13. The van der Waals surface area contributed by atoms with Crippen molar-refractivity contribution in [2.45, 2.75) is 64.3 Å². The maximum atomic E-state index is 9.85. The Hall–Kier alpha value is -0.860. The molecule has 0 aromatic heterocycles. The van der Waals surface area contributed by atoms with Crippen LogP contribution in [0.1, 0.15) is 42.4 Å². The summed E-state index contributed by atoms with van der Waals surface area (Å²) in [4.78, 5) is 2.63. The molecule has 0 amide bonds. The van der Waals surface area contributed by atoms with Gasteiger partial charge in [0.1, 0.15) is 0 Å². The maximum absolute atomic E-state index is 9.85. The number of nitrogens with zero attached hydrogens (tertiary/aromatic N) is 1. The van der Waals surface area contributed by atoms with E-state index in [0.717, 1.165) is 19.4 Å². The zero-order valence-electron chi connectivity index (χ0n) is 11.4. The molecular weight excluding hydrogens is 222 g/mol. The van der Waals surface area contributed by atoms with Crippen LogP contribution in [-0.2, 0) is 6.54 Å². The smallest absolute Gasteiger partial charge is 0.0570 e. The fourth-order valence-electron chi connectivity index (χ4n) is 3.67. The molecule has 1 aromatic rings. The predicted molar refractivity (Wildman–Crippen MR) is 73.5 cm³/mol. The molecule has 0 radical (unpaired) electrons. The highest BCUT2D eigenvalue weighted by Gasteiger charge is 2.39. The molecule has 2 unspecified atom stereocenters. The van der Waals surface area contributed by atoms with Crippen LogP contribution in [0.2, 0.25) is 0 Å². The summed E-state index contributed by atoms with van der Waals surface area (Å²) in [5.41, 5.74) is 4.20. The molecule has 2 bridgehead atoms. The van der Waals surface area contributed by atoms with Crippen LogP contribution in [0, 0.1) is 13.8 Å².